The minimum Gasteiger partial charge on any atom is -0.376 e. The molecule has 0 aromatic rings. The van der Waals surface area contributed by atoms with Crippen molar-refractivity contribution >= 4 is 22.7 Å². The third kappa shape index (κ3) is 15.4. The van der Waals surface area contributed by atoms with Crippen LogP contribution < -0.4 is 5.32 Å². The van der Waals surface area contributed by atoms with Crippen LogP contribution in [0.25, 0.3) is 0 Å². The lowest BCUT2D eigenvalue weighted by molar-refractivity contribution is -0.117. The van der Waals surface area contributed by atoms with Crippen LogP contribution in [0.15, 0.2) is 12.2 Å². The van der Waals surface area contributed by atoms with Gasteiger partial charge in [-0.15, -0.1) is 0 Å². The topological polar surface area (TPSA) is 119 Å². The minimum atomic E-state index is -1.83. The Morgan fingerprint density at radius 3 is 1.96 bits per heavy atom. The van der Waals surface area contributed by atoms with Crippen LogP contribution in [0.4, 0.5) is 0 Å². The Morgan fingerprint density at radius 2 is 1.54 bits per heavy atom. The Bertz CT molecular complexity index is 339. The number of hydrogen-bond donors (Lipinski definition) is 5. The quantitative estimate of drug-likeness (QED) is 0.168. The van der Waals surface area contributed by atoms with Crippen LogP contribution in [0.3, 0.4) is 0 Å². The van der Waals surface area contributed by atoms with Crippen molar-refractivity contribution in [1.82, 2.24) is 5.32 Å². The average Bonchev–Trinajstić information content (AvgIpc) is 2.50. The van der Waals surface area contributed by atoms with Crippen molar-refractivity contribution in [3.05, 3.63) is 12.2 Å². The van der Waals surface area contributed by atoms with E-state index in [0.717, 1.165) is 38.5 Å². The van der Waals surface area contributed by atoms with Gasteiger partial charge in [0.1, 0.15) is 0 Å². The highest BCUT2D eigenvalue weighted by molar-refractivity contribution is 7.45. The maximum atomic E-state index is 11.4. The van der Waals surface area contributed by atoms with E-state index in [0.29, 0.717) is 31.0 Å². The van der Waals surface area contributed by atoms with Crippen molar-refractivity contribution in [3.63, 3.8) is 0 Å². The summed E-state index contributed by atoms with van der Waals surface area (Å²) < 4.78 is 5.80. The van der Waals surface area contributed by atoms with Gasteiger partial charge in [-0.25, -0.2) is 0 Å². The van der Waals surface area contributed by atoms with Crippen LogP contribution in [0.5, 0.6) is 0 Å². The summed E-state index contributed by atoms with van der Waals surface area (Å²) in [7, 11) is -3.66. The molecule has 0 spiro atoms. The van der Waals surface area contributed by atoms with Gasteiger partial charge < -0.3 is 29.6 Å². The van der Waals surface area contributed by atoms with Crippen LogP contribution in [-0.2, 0) is 9.53 Å². The fourth-order valence-corrected chi connectivity index (χ4v) is 3.12. The molecule has 9 heteroatoms. The summed E-state index contributed by atoms with van der Waals surface area (Å²) >= 11 is 0. The van der Waals surface area contributed by atoms with Crippen LogP contribution in [-0.4, -0.2) is 57.1 Å². The lowest BCUT2D eigenvalue weighted by Gasteiger charge is -2.18. The lowest BCUT2D eigenvalue weighted by Crippen LogP contribution is -2.29. The van der Waals surface area contributed by atoms with E-state index in [-0.39, 0.29) is 12.0 Å². The zero-order chi connectivity index (χ0) is 18.4. The van der Waals surface area contributed by atoms with E-state index in [9.17, 15) is 4.79 Å². The Kier molecular flexibility index (Phi) is 15.1. The van der Waals surface area contributed by atoms with E-state index in [4.69, 9.17) is 24.3 Å². The van der Waals surface area contributed by atoms with Crippen molar-refractivity contribution in [2.24, 2.45) is 0 Å². The molecule has 0 unspecified atom stereocenters. The van der Waals surface area contributed by atoms with E-state index in [1.807, 2.05) is 0 Å². The molecule has 0 fully saturated rings. The lowest BCUT2D eigenvalue weighted by atomic mass is 10.1. The molecule has 5 N–H and O–H groups in total. The summed E-state index contributed by atoms with van der Waals surface area (Å²) in [5.41, 5.74) is 0.459. The molecular formula is C15H31NO6P2. The highest BCUT2D eigenvalue weighted by atomic mass is 31.2. The van der Waals surface area contributed by atoms with E-state index in [1.165, 1.54) is 0 Å². The largest absolute Gasteiger partial charge is 0.376 e. The average molecular weight is 383 g/mol. The Labute approximate surface area is 147 Å². The number of unbranched alkanes of at least 4 members (excludes halogenated alkanes) is 2. The van der Waals surface area contributed by atoms with Crippen molar-refractivity contribution in [2.75, 3.05) is 25.5 Å². The number of carbonyl (C=O) groups excluding carboxylic acids is 1. The first kappa shape index (κ1) is 23.9. The SMILES string of the molecule is C=C(C)C(=O)NCCOC(CCCCP(O)O)CCCCP(O)O. The summed E-state index contributed by atoms with van der Waals surface area (Å²) in [5.74, 6) is -0.186. The van der Waals surface area contributed by atoms with Gasteiger partial charge in [-0.05, 0) is 32.6 Å². The molecule has 0 rings (SSSR count). The molecule has 0 radical (unpaired) electrons. The van der Waals surface area contributed by atoms with Gasteiger partial charge >= 0.3 is 0 Å². The summed E-state index contributed by atoms with van der Waals surface area (Å²) in [6.45, 7) is 6.03. The molecule has 0 aliphatic heterocycles. The van der Waals surface area contributed by atoms with Gasteiger partial charge in [0.05, 0.1) is 12.7 Å². The molecule has 0 heterocycles. The van der Waals surface area contributed by atoms with Crippen LogP contribution in [0.1, 0.15) is 45.4 Å². The molecule has 1 amide bonds. The van der Waals surface area contributed by atoms with Gasteiger partial charge in [-0.3, -0.25) is 4.79 Å². The molecule has 0 aliphatic carbocycles. The zero-order valence-corrected chi connectivity index (χ0v) is 16.1. The van der Waals surface area contributed by atoms with E-state index < -0.39 is 16.8 Å². The van der Waals surface area contributed by atoms with Gasteiger partial charge in [0.25, 0.3) is 0 Å². The molecule has 7 nitrogen and oxygen atoms in total. The predicted molar refractivity (Wildman–Crippen MR) is 97.7 cm³/mol. The van der Waals surface area contributed by atoms with Gasteiger partial charge in [0.2, 0.25) is 5.91 Å². The smallest absolute Gasteiger partial charge is 0.246 e. The first-order chi connectivity index (χ1) is 11.3. The molecule has 0 aromatic carbocycles. The molecule has 0 aromatic heterocycles. The van der Waals surface area contributed by atoms with E-state index in [1.54, 1.807) is 6.92 Å². The van der Waals surface area contributed by atoms with Crippen molar-refractivity contribution in [1.29, 1.82) is 0 Å². The second-order valence-corrected chi connectivity index (χ2v) is 8.10. The zero-order valence-electron chi connectivity index (χ0n) is 14.4. The van der Waals surface area contributed by atoms with Gasteiger partial charge in [0.15, 0.2) is 16.8 Å². The highest BCUT2D eigenvalue weighted by Gasteiger charge is 2.11. The van der Waals surface area contributed by atoms with Crippen LogP contribution >= 0.6 is 16.8 Å². The third-order valence-corrected chi connectivity index (χ3v) is 4.83. The maximum absolute atomic E-state index is 11.4. The van der Waals surface area contributed by atoms with E-state index >= 15 is 0 Å². The van der Waals surface area contributed by atoms with Crippen molar-refractivity contribution in [2.45, 2.75) is 51.6 Å². The van der Waals surface area contributed by atoms with E-state index in [2.05, 4.69) is 11.9 Å². The second-order valence-electron chi connectivity index (χ2n) is 5.71. The number of nitrogens with one attached hydrogen (secondary N) is 1. The van der Waals surface area contributed by atoms with Gasteiger partial charge in [0, 0.05) is 24.4 Å². The Balaban J connectivity index is 4.01. The number of amides is 1. The number of rotatable bonds is 15. The fraction of sp³-hybridized carbons (Fsp3) is 0.800. The molecule has 0 saturated heterocycles. The first-order valence-corrected chi connectivity index (χ1v) is 11.0. The van der Waals surface area contributed by atoms with Crippen molar-refractivity contribution in [3.8, 4) is 0 Å². The summed E-state index contributed by atoms with van der Waals surface area (Å²) in [6.07, 6.45) is 5.64. The molecule has 0 atom stereocenters. The number of hydrogen-bond acceptors (Lipinski definition) is 6. The first-order valence-electron chi connectivity index (χ1n) is 8.18. The standard InChI is InChI=1S/C15H31NO6P2/c1-13(2)15(17)16-9-10-22-14(7-3-5-11-23(18)19)8-4-6-12-24(20)21/h14,18-21H,1,3-12H2,2H3,(H,16,17). The minimum absolute atomic E-state index is 0.0268. The summed E-state index contributed by atoms with van der Waals surface area (Å²) in [6, 6.07) is 0. The van der Waals surface area contributed by atoms with Crippen LogP contribution in [0, 0.1) is 0 Å². The summed E-state index contributed by atoms with van der Waals surface area (Å²) in [4.78, 5) is 47.0. The Hall–Kier alpha value is -0.130. The predicted octanol–water partition coefficient (Wildman–Crippen LogP) is 2.00. The maximum Gasteiger partial charge on any atom is 0.246 e. The molecule has 0 saturated carbocycles. The fourth-order valence-electron chi connectivity index (χ4n) is 2.10. The third-order valence-electron chi connectivity index (χ3n) is 3.40. The Morgan fingerprint density at radius 1 is 1.04 bits per heavy atom. The monoisotopic (exact) mass is 383 g/mol. The normalized spacial score (nSPS) is 11.5. The molecule has 0 bridgehead atoms. The molecule has 24 heavy (non-hydrogen) atoms. The highest BCUT2D eigenvalue weighted by Crippen LogP contribution is 2.26. The number of ether oxygens (including phenoxy) is 1. The van der Waals surface area contributed by atoms with Gasteiger partial charge in [-0.1, -0.05) is 19.4 Å². The van der Waals surface area contributed by atoms with Crippen LogP contribution in [0.2, 0.25) is 0 Å². The second kappa shape index (κ2) is 15.2. The van der Waals surface area contributed by atoms with Crippen molar-refractivity contribution < 1.29 is 29.1 Å². The molecule has 142 valence electrons. The van der Waals surface area contributed by atoms with Gasteiger partial charge in [-0.2, -0.15) is 0 Å². The molecular weight excluding hydrogens is 352 g/mol. The number of carbonyl (C=O) groups is 1. The summed E-state index contributed by atoms with van der Waals surface area (Å²) in [5, 5.41) is 2.71. The molecule has 0 aliphatic rings.